The van der Waals surface area contributed by atoms with Crippen molar-refractivity contribution in [3.8, 4) is 0 Å². The molecule has 86 valence electrons. The molecule has 0 atom stereocenters. The summed E-state index contributed by atoms with van der Waals surface area (Å²) in [6.45, 7) is 2.33. The molecule has 2 aliphatic rings. The van der Waals surface area contributed by atoms with Gasteiger partial charge in [0.15, 0.2) is 0 Å². The van der Waals surface area contributed by atoms with Crippen molar-refractivity contribution in [1.29, 1.82) is 0 Å². The van der Waals surface area contributed by atoms with Crippen LogP contribution in [-0.4, -0.2) is 0 Å². The van der Waals surface area contributed by atoms with Crippen molar-refractivity contribution in [2.45, 2.75) is 45.4 Å². The molecule has 0 aromatic heterocycles. The Balaban J connectivity index is 0. The molecule has 0 bridgehead atoms. The van der Waals surface area contributed by atoms with Crippen LogP contribution >= 0.6 is 24.8 Å². The maximum absolute atomic E-state index is 3.50. The second-order valence-corrected chi connectivity index (χ2v) is 4.04. The zero-order chi connectivity index (χ0) is 8.44. The average molecular weight is 325 g/mol. The minimum atomic E-state index is 0. The van der Waals surface area contributed by atoms with Gasteiger partial charge in [0.2, 0.25) is 0 Å². The SMILES string of the molecule is CCC1(C2=[C-]CC=C2)CCCC1.Cl.Cl.[Zr]. The molecule has 2 rings (SSSR count). The third kappa shape index (κ3) is 3.72. The Kier molecular flexibility index (Phi) is 9.88. The van der Waals surface area contributed by atoms with Crippen LogP contribution in [0.3, 0.4) is 0 Å². The third-order valence-electron chi connectivity index (χ3n) is 3.50. The van der Waals surface area contributed by atoms with Crippen LogP contribution in [0.4, 0.5) is 0 Å². The molecule has 0 spiro atoms. The van der Waals surface area contributed by atoms with Gasteiger partial charge in [-0.05, 0) is 24.7 Å². The van der Waals surface area contributed by atoms with E-state index >= 15 is 0 Å². The summed E-state index contributed by atoms with van der Waals surface area (Å²) in [5.74, 6) is 0. The Morgan fingerprint density at radius 2 is 1.87 bits per heavy atom. The van der Waals surface area contributed by atoms with Crippen molar-refractivity contribution in [3.05, 3.63) is 23.8 Å². The average Bonchev–Trinajstić information content (AvgIpc) is 2.76. The Labute approximate surface area is 125 Å². The first kappa shape index (κ1) is 18.3. The predicted molar refractivity (Wildman–Crippen MR) is 66.2 cm³/mol. The van der Waals surface area contributed by atoms with E-state index in [2.05, 4.69) is 25.2 Å². The summed E-state index contributed by atoms with van der Waals surface area (Å²) < 4.78 is 0. The van der Waals surface area contributed by atoms with Gasteiger partial charge in [0.1, 0.15) is 0 Å². The minimum Gasteiger partial charge on any atom is -0.269 e. The van der Waals surface area contributed by atoms with Crippen LogP contribution < -0.4 is 0 Å². The normalized spacial score (nSPS) is 21.0. The molecule has 0 N–H and O–H groups in total. The van der Waals surface area contributed by atoms with Gasteiger partial charge in [-0.25, -0.2) is 11.6 Å². The summed E-state index contributed by atoms with van der Waals surface area (Å²) in [5, 5.41) is 0. The second-order valence-electron chi connectivity index (χ2n) is 4.04. The summed E-state index contributed by atoms with van der Waals surface area (Å²) in [7, 11) is 0. The van der Waals surface area contributed by atoms with Crippen LogP contribution in [-0.2, 0) is 26.2 Å². The molecular weight excluding hydrogens is 306 g/mol. The largest absolute Gasteiger partial charge is 0.269 e. The topological polar surface area (TPSA) is 0 Å². The van der Waals surface area contributed by atoms with Gasteiger partial charge in [-0.2, -0.15) is 6.08 Å². The molecule has 2 aliphatic carbocycles. The van der Waals surface area contributed by atoms with Crippen molar-refractivity contribution in [2.24, 2.45) is 5.41 Å². The molecule has 0 saturated heterocycles. The quantitative estimate of drug-likeness (QED) is 0.656. The molecule has 0 aromatic rings. The summed E-state index contributed by atoms with van der Waals surface area (Å²) in [4.78, 5) is 0. The van der Waals surface area contributed by atoms with E-state index in [-0.39, 0.29) is 51.0 Å². The van der Waals surface area contributed by atoms with E-state index < -0.39 is 0 Å². The van der Waals surface area contributed by atoms with Crippen LogP contribution in [0, 0.1) is 11.5 Å². The first-order valence-corrected chi connectivity index (χ1v) is 5.15. The maximum atomic E-state index is 3.50. The number of allylic oxidation sites excluding steroid dienone is 4. The van der Waals surface area contributed by atoms with Gasteiger partial charge < -0.3 is 0 Å². The standard InChI is InChI=1S/C12H17.2ClH.Zr/c1-2-12(9-5-6-10-12)11-7-3-4-8-11;;;/h3,7H,2,4-6,9-10H2,1H3;2*1H;/q-1;;;. The third-order valence-corrected chi connectivity index (χ3v) is 3.50. The molecule has 0 aliphatic heterocycles. The van der Waals surface area contributed by atoms with E-state index in [4.69, 9.17) is 0 Å². The van der Waals surface area contributed by atoms with Crippen molar-refractivity contribution < 1.29 is 26.2 Å². The Morgan fingerprint density at radius 3 is 2.27 bits per heavy atom. The fraction of sp³-hybridized carbons (Fsp3) is 0.667. The first-order valence-electron chi connectivity index (χ1n) is 5.15. The molecule has 0 amide bonds. The van der Waals surface area contributed by atoms with Crippen molar-refractivity contribution in [3.63, 3.8) is 0 Å². The zero-order valence-corrected chi connectivity index (χ0v) is 13.3. The van der Waals surface area contributed by atoms with E-state index in [1.165, 1.54) is 37.7 Å². The van der Waals surface area contributed by atoms with Gasteiger partial charge in [0.25, 0.3) is 0 Å². The van der Waals surface area contributed by atoms with Crippen molar-refractivity contribution in [2.75, 3.05) is 0 Å². The maximum Gasteiger partial charge on any atom is 0 e. The number of rotatable bonds is 2. The van der Waals surface area contributed by atoms with Gasteiger partial charge in [0, 0.05) is 26.2 Å². The Hall–Kier alpha value is 0.943. The smallest absolute Gasteiger partial charge is 0 e. The molecule has 1 saturated carbocycles. The fourth-order valence-electron chi connectivity index (χ4n) is 2.63. The van der Waals surface area contributed by atoms with Gasteiger partial charge in [-0.1, -0.05) is 19.8 Å². The zero-order valence-electron chi connectivity index (χ0n) is 9.21. The molecule has 0 heterocycles. The molecule has 0 nitrogen and oxygen atoms in total. The van der Waals surface area contributed by atoms with E-state index in [9.17, 15) is 0 Å². The van der Waals surface area contributed by atoms with Gasteiger partial charge >= 0.3 is 0 Å². The molecular formula is C12H19Cl2Zr-. The number of halogens is 2. The minimum absolute atomic E-state index is 0. The Morgan fingerprint density at radius 1 is 1.27 bits per heavy atom. The van der Waals surface area contributed by atoms with Crippen molar-refractivity contribution in [1.82, 2.24) is 0 Å². The van der Waals surface area contributed by atoms with E-state index in [0.29, 0.717) is 5.41 Å². The summed E-state index contributed by atoms with van der Waals surface area (Å²) in [6.07, 6.45) is 16.0. The molecule has 3 heteroatoms. The molecule has 0 aromatic carbocycles. The van der Waals surface area contributed by atoms with Crippen LogP contribution in [0.15, 0.2) is 17.7 Å². The van der Waals surface area contributed by atoms with Crippen LogP contribution in [0.1, 0.15) is 45.4 Å². The van der Waals surface area contributed by atoms with Gasteiger partial charge in [-0.3, -0.25) is 6.08 Å². The first-order chi connectivity index (χ1) is 5.87. The monoisotopic (exact) mass is 323 g/mol. The number of hydrogen-bond acceptors (Lipinski definition) is 0. The van der Waals surface area contributed by atoms with Crippen LogP contribution in [0.2, 0.25) is 0 Å². The Bertz CT molecular complexity index is 228. The summed E-state index contributed by atoms with van der Waals surface area (Å²) in [6, 6.07) is 0. The van der Waals surface area contributed by atoms with Crippen LogP contribution in [0.25, 0.3) is 0 Å². The molecule has 1 fully saturated rings. The van der Waals surface area contributed by atoms with E-state index in [0.717, 1.165) is 6.42 Å². The summed E-state index contributed by atoms with van der Waals surface area (Å²) in [5.41, 5.74) is 2.05. The van der Waals surface area contributed by atoms with E-state index in [1.54, 1.807) is 0 Å². The molecule has 0 unspecified atom stereocenters. The van der Waals surface area contributed by atoms with E-state index in [1.807, 2.05) is 0 Å². The summed E-state index contributed by atoms with van der Waals surface area (Å²) >= 11 is 0. The van der Waals surface area contributed by atoms with Gasteiger partial charge in [0.05, 0.1) is 0 Å². The predicted octanol–water partition coefficient (Wildman–Crippen LogP) is 4.49. The molecule has 0 radical (unpaired) electrons. The van der Waals surface area contributed by atoms with Gasteiger partial charge in [-0.15, -0.1) is 31.2 Å². The molecule has 15 heavy (non-hydrogen) atoms. The second kappa shape index (κ2) is 8.10. The van der Waals surface area contributed by atoms with Crippen LogP contribution in [0.5, 0.6) is 0 Å². The number of hydrogen-bond donors (Lipinski definition) is 0. The van der Waals surface area contributed by atoms with Crippen molar-refractivity contribution >= 4 is 24.8 Å². The fourth-order valence-corrected chi connectivity index (χ4v) is 2.63.